The van der Waals surface area contributed by atoms with Crippen molar-refractivity contribution in [3.8, 4) is 17.5 Å². The van der Waals surface area contributed by atoms with Crippen LogP contribution in [0.4, 0.5) is 0 Å². The van der Waals surface area contributed by atoms with Gasteiger partial charge in [0.2, 0.25) is 0 Å². The van der Waals surface area contributed by atoms with E-state index in [1.54, 1.807) is 11.6 Å². The van der Waals surface area contributed by atoms with Crippen LogP contribution in [-0.4, -0.2) is 20.5 Å². The molecule has 0 saturated heterocycles. The Morgan fingerprint density at radius 1 is 1.27 bits per heavy atom. The van der Waals surface area contributed by atoms with Gasteiger partial charge in [-0.15, -0.1) is 10.2 Å². The van der Waals surface area contributed by atoms with Crippen molar-refractivity contribution in [3.05, 3.63) is 36.2 Å². The Morgan fingerprint density at radius 3 is 2.55 bits per heavy atom. The van der Waals surface area contributed by atoms with Crippen LogP contribution >= 0.6 is 0 Å². The molecule has 1 heterocycles. The van der Waals surface area contributed by atoms with Gasteiger partial charge in [0.25, 0.3) is 0 Å². The highest BCUT2D eigenvalue weighted by molar-refractivity contribution is 5.87. The van der Waals surface area contributed by atoms with Gasteiger partial charge in [0.1, 0.15) is 0 Å². The molecule has 1 unspecified atom stereocenters. The van der Waals surface area contributed by atoms with Crippen LogP contribution in [-0.2, 0) is 11.8 Å². The lowest BCUT2D eigenvalue weighted by atomic mass is 9.97. The molecule has 0 aliphatic heterocycles. The SMILES string of the molecule is CC(C)CCC(=O)C(C#N)c1nnc(-c2ccccc2)n1C. The molecule has 1 aromatic heterocycles. The van der Waals surface area contributed by atoms with Gasteiger partial charge in [-0.05, 0) is 12.3 Å². The van der Waals surface area contributed by atoms with Gasteiger partial charge in [0.15, 0.2) is 23.3 Å². The van der Waals surface area contributed by atoms with Crippen LogP contribution in [0.25, 0.3) is 11.4 Å². The van der Waals surface area contributed by atoms with E-state index in [-0.39, 0.29) is 5.78 Å². The molecule has 0 radical (unpaired) electrons. The molecule has 22 heavy (non-hydrogen) atoms. The predicted molar refractivity (Wildman–Crippen MR) is 83.9 cm³/mol. The van der Waals surface area contributed by atoms with Crippen molar-refractivity contribution in [2.45, 2.75) is 32.6 Å². The molecule has 5 nitrogen and oxygen atoms in total. The maximum atomic E-state index is 12.3. The number of ketones is 1. The average Bonchev–Trinajstić information content (AvgIpc) is 2.89. The minimum Gasteiger partial charge on any atom is -0.313 e. The zero-order valence-corrected chi connectivity index (χ0v) is 13.2. The molecule has 0 saturated carbocycles. The van der Waals surface area contributed by atoms with Crippen molar-refractivity contribution < 1.29 is 4.79 Å². The topological polar surface area (TPSA) is 71.6 Å². The Bertz CT molecular complexity index is 682. The fourth-order valence-corrected chi connectivity index (χ4v) is 2.28. The molecule has 2 aromatic rings. The zero-order valence-electron chi connectivity index (χ0n) is 13.2. The summed E-state index contributed by atoms with van der Waals surface area (Å²) in [6.45, 7) is 4.12. The first-order chi connectivity index (χ1) is 10.5. The number of aromatic nitrogens is 3. The zero-order chi connectivity index (χ0) is 16.1. The van der Waals surface area contributed by atoms with Crippen LogP contribution in [0.15, 0.2) is 30.3 Å². The van der Waals surface area contributed by atoms with Gasteiger partial charge in [0, 0.05) is 19.0 Å². The molecule has 2 rings (SSSR count). The molecule has 0 bridgehead atoms. The van der Waals surface area contributed by atoms with E-state index in [1.165, 1.54) is 0 Å². The lowest BCUT2D eigenvalue weighted by Gasteiger charge is -2.09. The van der Waals surface area contributed by atoms with Gasteiger partial charge >= 0.3 is 0 Å². The molecular weight excluding hydrogens is 276 g/mol. The summed E-state index contributed by atoms with van der Waals surface area (Å²) < 4.78 is 1.73. The lowest BCUT2D eigenvalue weighted by Crippen LogP contribution is -2.16. The summed E-state index contributed by atoms with van der Waals surface area (Å²) in [5.41, 5.74) is 0.912. The minimum absolute atomic E-state index is 0.0914. The Balaban J connectivity index is 2.27. The normalized spacial score (nSPS) is 12.1. The molecule has 0 amide bonds. The van der Waals surface area contributed by atoms with Gasteiger partial charge < -0.3 is 4.57 Å². The summed E-state index contributed by atoms with van der Waals surface area (Å²) in [5.74, 6) is 0.560. The van der Waals surface area contributed by atoms with Crippen LogP contribution in [0.3, 0.4) is 0 Å². The number of hydrogen-bond donors (Lipinski definition) is 0. The van der Waals surface area contributed by atoms with Crippen molar-refractivity contribution in [1.29, 1.82) is 5.26 Å². The Morgan fingerprint density at radius 2 is 1.95 bits per heavy atom. The van der Waals surface area contributed by atoms with E-state index in [1.807, 2.05) is 30.3 Å². The van der Waals surface area contributed by atoms with Crippen molar-refractivity contribution >= 4 is 5.78 Å². The smallest absolute Gasteiger partial charge is 0.164 e. The summed E-state index contributed by atoms with van der Waals surface area (Å²) in [5, 5.41) is 17.6. The number of carbonyl (C=O) groups is 1. The summed E-state index contributed by atoms with van der Waals surface area (Å²) >= 11 is 0. The Labute approximate surface area is 130 Å². The van der Waals surface area contributed by atoms with Crippen LogP contribution in [0.1, 0.15) is 38.4 Å². The highest BCUT2D eigenvalue weighted by Gasteiger charge is 2.26. The molecule has 1 atom stereocenters. The van der Waals surface area contributed by atoms with Crippen LogP contribution in [0, 0.1) is 17.2 Å². The largest absolute Gasteiger partial charge is 0.313 e. The molecule has 1 aromatic carbocycles. The minimum atomic E-state index is -0.853. The fourth-order valence-electron chi connectivity index (χ4n) is 2.28. The number of nitrogens with zero attached hydrogens (tertiary/aromatic N) is 4. The van der Waals surface area contributed by atoms with Gasteiger partial charge in [-0.1, -0.05) is 44.2 Å². The lowest BCUT2D eigenvalue weighted by molar-refractivity contribution is -0.119. The third kappa shape index (κ3) is 3.40. The molecular formula is C17H20N4O. The first-order valence-electron chi connectivity index (χ1n) is 7.41. The molecule has 5 heteroatoms. The quantitative estimate of drug-likeness (QED) is 0.821. The molecule has 114 valence electrons. The second-order valence-corrected chi connectivity index (χ2v) is 5.77. The van der Waals surface area contributed by atoms with E-state index in [2.05, 4.69) is 30.1 Å². The Hall–Kier alpha value is -2.48. The summed E-state index contributed by atoms with van der Waals surface area (Å²) in [6.07, 6.45) is 1.17. The third-order valence-electron chi connectivity index (χ3n) is 3.62. The third-order valence-corrected chi connectivity index (χ3v) is 3.62. The Kier molecular flexibility index (Phi) is 5.05. The number of benzene rings is 1. The van der Waals surface area contributed by atoms with Gasteiger partial charge in [-0.2, -0.15) is 5.26 Å². The number of carbonyl (C=O) groups excluding carboxylic acids is 1. The van der Waals surface area contributed by atoms with Crippen molar-refractivity contribution in [2.24, 2.45) is 13.0 Å². The first-order valence-corrected chi connectivity index (χ1v) is 7.41. The average molecular weight is 296 g/mol. The van der Waals surface area contributed by atoms with E-state index in [4.69, 9.17) is 0 Å². The van der Waals surface area contributed by atoms with E-state index in [9.17, 15) is 10.1 Å². The van der Waals surface area contributed by atoms with Gasteiger partial charge in [-0.3, -0.25) is 4.79 Å². The summed E-state index contributed by atoms with van der Waals surface area (Å²) in [4.78, 5) is 12.3. The summed E-state index contributed by atoms with van der Waals surface area (Å²) in [6, 6.07) is 11.7. The second-order valence-electron chi connectivity index (χ2n) is 5.77. The maximum Gasteiger partial charge on any atom is 0.164 e. The standard InChI is InChI=1S/C17H20N4O/c1-12(2)9-10-15(22)14(11-18)17-20-19-16(21(17)3)13-7-5-4-6-8-13/h4-8,12,14H,9-10H2,1-3H3. The molecule has 0 N–H and O–H groups in total. The summed E-state index contributed by atoms with van der Waals surface area (Å²) in [7, 11) is 1.79. The van der Waals surface area contributed by atoms with Crippen molar-refractivity contribution in [1.82, 2.24) is 14.8 Å². The van der Waals surface area contributed by atoms with E-state index in [0.717, 1.165) is 12.0 Å². The fraction of sp³-hybridized carbons (Fsp3) is 0.412. The van der Waals surface area contributed by atoms with E-state index in [0.29, 0.717) is 24.0 Å². The highest BCUT2D eigenvalue weighted by atomic mass is 16.1. The number of nitriles is 1. The van der Waals surface area contributed by atoms with Gasteiger partial charge in [-0.25, -0.2) is 0 Å². The number of rotatable bonds is 6. The number of hydrogen-bond acceptors (Lipinski definition) is 4. The number of Topliss-reactive ketones (excluding diaryl/α,β-unsaturated/α-hetero) is 1. The van der Waals surface area contributed by atoms with E-state index < -0.39 is 5.92 Å². The molecule has 0 aliphatic rings. The molecule has 0 aliphatic carbocycles. The van der Waals surface area contributed by atoms with Gasteiger partial charge in [0.05, 0.1) is 6.07 Å². The van der Waals surface area contributed by atoms with E-state index >= 15 is 0 Å². The predicted octanol–water partition coefficient (Wildman–Crippen LogP) is 3.09. The van der Waals surface area contributed by atoms with Crippen LogP contribution in [0.5, 0.6) is 0 Å². The first kappa shape index (κ1) is 15.9. The van der Waals surface area contributed by atoms with Crippen LogP contribution in [0.2, 0.25) is 0 Å². The monoisotopic (exact) mass is 296 g/mol. The van der Waals surface area contributed by atoms with Crippen molar-refractivity contribution in [2.75, 3.05) is 0 Å². The molecule has 0 fully saturated rings. The molecule has 0 spiro atoms. The maximum absolute atomic E-state index is 12.3. The van der Waals surface area contributed by atoms with Crippen molar-refractivity contribution in [3.63, 3.8) is 0 Å². The highest BCUT2D eigenvalue weighted by Crippen LogP contribution is 2.23. The second kappa shape index (κ2) is 6.99. The van der Waals surface area contributed by atoms with Crippen LogP contribution < -0.4 is 0 Å².